The fourth-order valence-corrected chi connectivity index (χ4v) is 6.88. The van der Waals surface area contributed by atoms with Gasteiger partial charge >= 0.3 is 0 Å². The number of fused-ring (bicyclic) bond motifs is 1. The van der Waals surface area contributed by atoms with Crippen LogP contribution in [0.2, 0.25) is 0 Å². The largest absolute Gasteiger partial charge is 0.457 e. The number of carbonyl (C=O) groups is 2. The summed E-state index contributed by atoms with van der Waals surface area (Å²) in [7, 11) is 0. The Kier molecular flexibility index (Phi) is 9.98. The predicted octanol–water partition coefficient (Wildman–Crippen LogP) is 4.66. The Balaban J connectivity index is 1.27. The molecular weight excluding hydrogens is 640 g/mol. The van der Waals surface area contributed by atoms with Gasteiger partial charge in [0.15, 0.2) is 47.3 Å². The van der Waals surface area contributed by atoms with Crippen LogP contribution in [0.4, 0.5) is 11.8 Å². The number of carbonyl (C=O) groups excluding carboxylic acids is 2. The second kappa shape index (κ2) is 15.0. The molecule has 14 nitrogen and oxygen atoms in total. The Labute approximate surface area is 288 Å². The lowest BCUT2D eigenvalue weighted by Crippen LogP contribution is -2.34. The van der Waals surface area contributed by atoms with E-state index in [-0.39, 0.29) is 18.0 Å². The molecule has 0 bridgehead atoms. The SMILES string of the molecule is CCc1cc([C@H]2O[C@@H](n3cnc4c(NCC(c5ccccc5)c5ccccc5)nc(NC5CCC(N)CC5)nc43)[C@H](OC=O)[C@@H]2OC=O)on1. The molecule has 2 aromatic carbocycles. The summed E-state index contributed by atoms with van der Waals surface area (Å²) in [6.07, 6.45) is 1.78. The molecule has 50 heavy (non-hydrogen) atoms. The van der Waals surface area contributed by atoms with Crippen molar-refractivity contribution in [3.8, 4) is 0 Å². The molecule has 0 radical (unpaired) electrons. The minimum Gasteiger partial charge on any atom is -0.457 e. The molecule has 0 unspecified atom stereocenters. The summed E-state index contributed by atoms with van der Waals surface area (Å²) < 4.78 is 24.6. The summed E-state index contributed by atoms with van der Waals surface area (Å²) in [5, 5.41) is 11.2. The van der Waals surface area contributed by atoms with E-state index >= 15 is 0 Å². The standard InChI is InChI=1S/C36H40N8O6/c1-2-25-17-28(50-43-25)30-31(47-20-45)32(48-21-46)35(49-30)44-19-39-29-33(41-36(42-34(29)44)40-26-15-13-24(37)14-16-26)38-18-27(22-9-5-3-6-10-22)23-11-7-4-8-12-23/h3-12,17,19-21,24,26-27,30-32,35H,2,13-16,18,37H2,1H3,(H2,38,40,41,42)/t24?,26?,30-,31-,32-,35-/m1/s1. The molecule has 0 spiro atoms. The van der Waals surface area contributed by atoms with Crippen LogP contribution in [0, 0.1) is 0 Å². The van der Waals surface area contributed by atoms with Crippen LogP contribution >= 0.6 is 0 Å². The highest BCUT2D eigenvalue weighted by molar-refractivity contribution is 5.84. The van der Waals surface area contributed by atoms with E-state index in [4.69, 9.17) is 39.4 Å². The molecule has 1 saturated carbocycles. The van der Waals surface area contributed by atoms with E-state index in [0.29, 0.717) is 60.3 Å². The quantitative estimate of drug-likeness (QED) is 0.138. The van der Waals surface area contributed by atoms with Crippen LogP contribution in [-0.2, 0) is 30.2 Å². The van der Waals surface area contributed by atoms with Crippen molar-refractivity contribution >= 4 is 35.9 Å². The van der Waals surface area contributed by atoms with E-state index in [9.17, 15) is 9.59 Å². The minimum atomic E-state index is -1.06. The van der Waals surface area contributed by atoms with Crippen LogP contribution in [0.25, 0.3) is 11.2 Å². The summed E-state index contributed by atoms with van der Waals surface area (Å²) >= 11 is 0. The number of nitrogens with zero attached hydrogens (tertiary/aromatic N) is 5. The van der Waals surface area contributed by atoms with Gasteiger partial charge in [-0.3, -0.25) is 14.2 Å². The van der Waals surface area contributed by atoms with Crippen molar-refractivity contribution in [1.29, 1.82) is 0 Å². The number of rotatable bonds is 14. The van der Waals surface area contributed by atoms with Gasteiger partial charge in [-0.05, 0) is 43.2 Å². The van der Waals surface area contributed by atoms with Gasteiger partial charge in [-0.2, -0.15) is 9.97 Å². The monoisotopic (exact) mass is 680 g/mol. The zero-order chi connectivity index (χ0) is 34.5. The third-order valence-corrected chi connectivity index (χ3v) is 9.51. The van der Waals surface area contributed by atoms with Gasteiger partial charge in [0.2, 0.25) is 5.95 Å². The van der Waals surface area contributed by atoms with E-state index in [1.807, 2.05) is 43.3 Å². The fraction of sp³-hybridized carbons (Fsp3) is 0.389. The van der Waals surface area contributed by atoms with Crippen LogP contribution in [0.1, 0.15) is 73.4 Å². The maximum Gasteiger partial charge on any atom is 0.293 e. The lowest BCUT2D eigenvalue weighted by molar-refractivity contribution is -0.151. The van der Waals surface area contributed by atoms with Gasteiger partial charge in [-0.1, -0.05) is 72.7 Å². The number of anilines is 2. The molecule has 5 aromatic rings. The topological polar surface area (TPSA) is 182 Å². The molecule has 1 aliphatic carbocycles. The molecule has 260 valence electrons. The number of nitrogens with one attached hydrogen (secondary N) is 2. The van der Waals surface area contributed by atoms with E-state index in [1.165, 1.54) is 0 Å². The summed E-state index contributed by atoms with van der Waals surface area (Å²) in [6, 6.07) is 22.6. The number of hydrogen-bond acceptors (Lipinski definition) is 13. The highest BCUT2D eigenvalue weighted by Gasteiger charge is 2.52. The van der Waals surface area contributed by atoms with E-state index in [0.717, 1.165) is 36.8 Å². The molecule has 1 aliphatic heterocycles. The lowest BCUT2D eigenvalue weighted by Gasteiger charge is -2.27. The van der Waals surface area contributed by atoms with Crippen molar-refractivity contribution in [1.82, 2.24) is 24.7 Å². The van der Waals surface area contributed by atoms with Gasteiger partial charge < -0.3 is 35.1 Å². The van der Waals surface area contributed by atoms with Gasteiger partial charge in [0.25, 0.3) is 12.9 Å². The number of ether oxygens (including phenoxy) is 3. The van der Waals surface area contributed by atoms with Crippen molar-refractivity contribution in [3.63, 3.8) is 0 Å². The summed E-state index contributed by atoms with van der Waals surface area (Å²) in [4.78, 5) is 38.0. The van der Waals surface area contributed by atoms with Crippen LogP contribution in [0.3, 0.4) is 0 Å². The molecule has 1 saturated heterocycles. The first-order chi connectivity index (χ1) is 24.6. The number of imidazole rings is 1. The van der Waals surface area contributed by atoms with Gasteiger partial charge in [0, 0.05) is 30.6 Å². The average molecular weight is 681 g/mol. The van der Waals surface area contributed by atoms with Crippen LogP contribution in [0.5, 0.6) is 0 Å². The van der Waals surface area contributed by atoms with E-state index in [2.05, 4.69) is 40.1 Å². The van der Waals surface area contributed by atoms with Crippen molar-refractivity contribution < 1.29 is 28.3 Å². The second-order valence-electron chi connectivity index (χ2n) is 12.6. The van der Waals surface area contributed by atoms with E-state index < -0.39 is 24.5 Å². The third kappa shape index (κ3) is 6.89. The first-order valence-electron chi connectivity index (χ1n) is 17.0. The smallest absolute Gasteiger partial charge is 0.293 e. The molecule has 2 aliphatic rings. The van der Waals surface area contributed by atoms with Gasteiger partial charge in [0.05, 0.1) is 12.0 Å². The maximum absolute atomic E-state index is 11.8. The van der Waals surface area contributed by atoms with Crippen LogP contribution < -0.4 is 16.4 Å². The molecule has 3 aromatic heterocycles. The Hall–Kier alpha value is -5.34. The molecule has 4 N–H and O–H groups in total. The fourth-order valence-electron chi connectivity index (χ4n) is 6.88. The lowest BCUT2D eigenvalue weighted by atomic mass is 9.91. The van der Waals surface area contributed by atoms with Crippen molar-refractivity contribution in [2.45, 2.75) is 81.6 Å². The number of aryl methyl sites for hydroxylation is 1. The van der Waals surface area contributed by atoms with Crippen molar-refractivity contribution in [2.75, 3.05) is 17.2 Å². The van der Waals surface area contributed by atoms with Crippen molar-refractivity contribution in [3.05, 3.63) is 95.6 Å². The van der Waals surface area contributed by atoms with Crippen LogP contribution in [0.15, 0.2) is 77.6 Å². The maximum atomic E-state index is 11.8. The first-order valence-corrected chi connectivity index (χ1v) is 17.0. The zero-order valence-electron chi connectivity index (χ0n) is 27.6. The highest BCUT2D eigenvalue weighted by Crippen LogP contribution is 2.43. The summed E-state index contributed by atoms with van der Waals surface area (Å²) in [5.74, 6) is 1.28. The molecule has 2 fully saturated rings. The third-order valence-electron chi connectivity index (χ3n) is 9.51. The molecule has 7 rings (SSSR count). The number of benzene rings is 2. The first kappa shape index (κ1) is 33.2. The summed E-state index contributed by atoms with van der Waals surface area (Å²) in [6.45, 7) is 3.06. The molecule has 4 atom stereocenters. The summed E-state index contributed by atoms with van der Waals surface area (Å²) in [5.41, 5.74) is 10.1. The molecule has 0 amide bonds. The van der Waals surface area contributed by atoms with Crippen molar-refractivity contribution in [2.24, 2.45) is 5.73 Å². The Bertz CT molecular complexity index is 1840. The normalized spacial score (nSPS) is 23.5. The molecule has 14 heteroatoms. The number of nitrogens with two attached hydrogens (primary N) is 1. The number of aromatic nitrogens is 5. The molecule has 4 heterocycles. The van der Waals surface area contributed by atoms with Gasteiger partial charge in [-0.25, -0.2) is 4.98 Å². The second-order valence-corrected chi connectivity index (χ2v) is 12.6. The predicted molar refractivity (Wildman–Crippen MR) is 183 cm³/mol. The van der Waals surface area contributed by atoms with E-state index in [1.54, 1.807) is 17.0 Å². The average Bonchev–Trinajstić information content (AvgIpc) is 3.88. The highest BCUT2D eigenvalue weighted by atomic mass is 16.6. The minimum absolute atomic E-state index is 0.0150. The van der Waals surface area contributed by atoms with Crippen LogP contribution in [-0.4, -0.2) is 68.5 Å². The number of hydrogen-bond donors (Lipinski definition) is 3. The molecular formula is C36H40N8O6. The Morgan fingerprint density at radius 1 is 0.960 bits per heavy atom. The Morgan fingerprint density at radius 2 is 1.64 bits per heavy atom. The Morgan fingerprint density at radius 3 is 2.28 bits per heavy atom. The van der Waals surface area contributed by atoms with Gasteiger partial charge in [-0.15, -0.1) is 0 Å². The zero-order valence-corrected chi connectivity index (χ0v) is 27.6. The van der Waals surface area contributed by atoms with Gasteiger partial charge in [0.1, 0.15) is 0 Å².